The van der Waals surface area contributed by atoms with E-state index in [1.165, 1.54) is 6.08 Å². The largest absolute Gasteiger partial charge is 0.497 e. The zero-order valence-corrected chi connectivity index (χ0v) is 13.1. The monoisotopic (exact) mass is 330 g/mol. The average Bonchev–Trinajstić information content (AvgIpc) is 2.59. The maximum Gasteiger partial charge on any atom is 0.269 e. The van der Waals surface area contributed by atoms with Crippen molar-refractivity contribution in [1.82, 2.24) is 10.9 Å². The lowest BCUT2D eigenvalue weighted by atomic mass is 10.2. The Hall–Kier alpha value is -2.79. The molecule has 0 unspecified atom stereocenters. The van der Waals surface area contributed by atoms with Crippen LogP contribution in [0.4, 0.5) is 0 Å². The fourth-order valence-corrected chi connectivity index (χ4v) is 1.85. The lowest BCUT2D eigenvalue weighted by Crippen LogP contribution is -2.40. The molecule has 0 atom stereocenters. The van der Waals surface area contributed by atoms with E-state index in [1.807, 2.05) is 0 Å². The third-order valence-electron chi connectivity index (χ3n) is 2.95. The van der Waals surface area contributed by atoms with Crippen molar-refractivity contribution in [3.8, 4) is 5.75 Å². The van der Waals surface area contributed by atoms with Gasteiger partial charge in [0.1, 0.15) is 5.75 Å². The van der Waals surface area contributed by atoms with Crippen LogP contribution < -0.4 is 15.6 Å². The Balaban J connectivity index is 1.85. The number of hydrogen-bond donors (Lipinski definition) is 2. The van der Waals surface area contributed by atoms with E-state index in [4.69, 9.17) is 16.3 Å². The highest BCUT2D eigenvalue weighted by atomic mass is 35.5. The highest BCUT2D eigenvalue weighted by Gasteiger charge is 2.05. The second kappa shape index (κ2) is 8.00. The second-order valence-electron chi connectivity index (χ2n) is 4.56. The number of nitrogens with one attached hydrogen (secondary N) is 2. The standard InChI is InChI=1S/C17H15ClN2O3/c1-23-15-9-5-13(6-10-15)17(22)20-19-16(21)11-4-12-2-7-14(18)8-3-12/h2-11H,1H3,(H,19,21)(H,20,22)/b11-4+. The van der Waals surface area contributed by atoms with Gasteiger partial charge in [-0.1, -0.05) is 23.7 Å². The SMILES string of the molecule is COc1ccc(C(=O)NNC(=O)/C=C/c2ccc(Cl)cc2)cc1. The van der Waals surface area contributed by atoms with E-state index in [0.717, 1.165) is 5.56 Å². The first kappa shape index (κ1) is 16.6. The summed E-state index contributed by atoms with van der Waals surface area (Å²) in [4.78, 5) is 23.5. The van der Waals surface area contributed by atoms with Crippen LogP contribution in [0.2, 0.25) is 5.02 Å². The van der Waals surface area contributed by atoms with E-state index < -0.39 is 11.8 Å². The maximum absolute atomic E-state index is 11.9. The zero-order chi connectivity index (χ0) is 16.7. The van der Waals surface area contributed by atoms with Crippen LogP contribution in [0.1, 0.15) is 15.9 Å². The molecule has 5 nitrogen and oxygen atoms in total. The molecule has 0 heterocycles. The van der Waals surface area contributed by atoms with Crippen LogP contribution in [0.5, 0.6) is 5.75 Å². The highest BCUT2D eigenvalue weighted by molar-refractivity contribution is 6.30. The summed E-state index contributed by atoms with van der Waals surface area (Å²) in [7, 11) is 1.54. The molecule has 6 heteroatoms. The normalized spacial score (nSPS) is 10.3. The van der Waals surface area contributed by atoms with Gasteiger partial charge in [-0.3, -0.25) is 20.4 Å². The minimum absolute atomic E-state index is 0.410. The molecule has 0 bridgehead atoms. The number of carbonyl (C=O) groups excluding carboxylic acids is 2. The quantitative estimate of drug-likeness (QED) is 0.669. The minimum Gasteiger partial charge on any atom is -0.497 e. The van der Waals surface area contributed by atoms with Gasteiger partial charge in [0, 0.05) is 16.7 Å². The molecule has 2 rings (SSSR count). The molecule has 23 heavy (non-hydrogen) atoms. The Labute approximate surface area is 138 Å². The van der Waals surface area contributed by atoms with Crippen LogP contribution in [0, 0.1) is 0 Å². The Bertz CT molecular complexity index is 710. The number of halogens is 1. The summed E-state index contributed by atoms with van der Waals surface area (Å²) < 4.78 is 5.01. The van der Waals surface area contributed by atoms with Crippen LogP contribution in [-0.2, 0) is 4.79 Å². The molecule has 2 amide bonds. The van der Waals surface area contributed by atoms with Crippen LogP contribution in [-0.4, -0.2) is 18.9 Å². The summed E-state index contributed by atoms with van der Waals surface area (Å²) in [5, 5.41) is 0.623. The molecule has 0 radical (unpaired) electrons. The van der Waals surface area contributed by atoms with Gasteiger partial charge in [0.15, 0.2) is 0 Å². The lowest BCUT2D eigenvalue weighted by molar-refractivity contribution is -0.117. The van der Waals surface area contributed by atoms with E-state index in [1.54, 1.807) is 61.7 Å². The van der Waals surface area contributed by atoms with Gasteiger partial charge in [0.25, 0.3) is 11.8 Å². The van der Waals surface area contributed by atoms with Crippen molar-refractivity contribution in [3.63, 3.8) is 0 Å². The Morgan fingerprint density at radius 1 is 1.00 bits per heavy atom. The first-order chi connectivity index (χ1) is 11.1. The molecular weight excluding hydrogens is 316 g/mol. The average molecular weight is 331 g/mol. The topological polar surface area (TPSA) is 67.4 Å². The van der Waals surface area contributed by atoms with Gasteiger partial charge in [-0.05, 0) is 48.0 Å². The fourth-order valence-electron chi connectivity index (χ4n) is 1.72. The minimum atomic E-state index is -0.443. The number of hydrogen-bond acceptors (Lipinski definition) is 3. The highest BCUT2D eigenvalue weighted by Crippen LogP contribution is 2.11. The van der Waals surface area contributed by atoms with Crippen molar-refractivity contribution >= 4 is 29.5 Å². The molecule has 0 aliphatic rings. The van der Waals surface area contributed by atoms with E-state index in [-0.39, 0.29) is 0 Å². The number of hydrazine groups is 1. The molecule has 0 aliphatic carbocycles. The van der Waals surface area contributed by atoms with Crippen LogP contribution in [0.25, 0.3) is 6.08 Å². The Morgan fingerprint density at radius 2 is 1.65 bits per heavy atom. The second-order valence-corrected chi connectivity index (χ2v) is 4.99. The molecule has 2 aromatic rings. The third-order valence-corrected chi connectivity index (χ3v) is 3.20. The molecule has 0 saturated carbocycles. The first-order valence-electron chi connectivity index (χ1n) is 6.76. The smallest absolute Gasteiger partial charge is 0.269 e. The van der Waals surface area contributed by atoms with Gasteiger partial charge in [-0.2, -0.15) is 0 Å². The predicted molar refractivity (Wildman–Crippen MR) is 89.1 cm³/mol. The molecule has 2 aromatic carbocycles. The maximum atomic E-state index is 11.9. The van der Waals surface area contributed by atoms with Crippen molar-refractivity contribution in [2.45, 2.75) is 0 Å². The van der Waals surface area contributed by atoms with Crippen LogP contribution in [0.3, 0.4) is 0 Å². The number of benzene rings is 2. The number of amides is 2. The van der Waals surface area contributed by atoms with Crippen molar-refractivity contribution < 1.29 is 14.3 Å². The summed E-state index contributed by atoms with van der Waals surface area (Å²) >= 11 is 5.78. The Morgan fingerprint density at radius 3 is 2.26 bits per heavy atom. The predicted octanol–water partition coefficient (Wildman–Crippen LogP) is 2.82. The van der Waals surface area contributed by atoms with E-state index in [0.29, 0.717) is 16.3 Å². The van der Waals surface area contributed by atoms with Gasteiger partial charge in [0.05, 0.1) is 7.11 Å². The molecule has 118 valence electrons. The fraction of sp³-hybridized carbons (Fsp3) is 0.0588. The van der Waals surface area contributed by atoms with Crippen LogP contribution >= 0.6 is 11.6 Å². The Kier molecular flexibility index (Phi) is 5.77. The number of methoxy groups -OCH3 is 1. The molecule has 2 N–H and O–H groups in total. The van der Waals surface area contributed by atoms with E-state index in [9.17, 15) is 9.59 Å². The van der Waals surface area contributed by atoms with Crippen LogP contribution in [0.15, 0.2) is 54.6 Å². The summed E-state index contributed by atoms with van der Waals surface area (Å²) in [5.41, 5.74) is 5.87. The van der Waals surface area contributed by atoms with Crippen molar-refractivity contribution in [2.24, 2.45) is 0 Å². The van der Waals surface area contributed by atoms with Gasteiger partial charge in [-0.15, -0.1) is 0 Å². The molecule has 0 fully saturated rings. The molecule has 0 saturated heterocycles. The molecule has 0 spiro atoms. The number of carbonyl (C=O) groups is 2. The summed E-state index contributed by atoms with van der Waals surface area (Å²) in [6.07, 6.45) is 2.93. The summed E-state index contributed by atoms with van der Waals surface area (Å²) in [6, 6.07) is 13.5. The third kappa shape index (κ3) is 5.16. The first-order valence-corrected chi connectivity index (χ1v) is 7.14. The van der Waals surface area contributed by atoms with Gasteiger partial charge >= 0.3 is 0 Å². The summed E-state index contributed by atoms with van der Waals surface area (Å²) in [6.45, 7) is 0. The van der Waals surface area contributed by atoms with Gasteiger partial charge in [-0.25, -0.2) is 0 Å². The molecular formula is C17H15ClN2O3. The number of ether oxygens (including phenoxy) is 1. The van der Waals surface area contributed by atoms with Gasteiger partial charge < -0.3 is 4.74 Å². The van der Waals surface area contributed by atoms with Gasteiger partial charge in [0.2, 0.25) is 0 Å². The van der Waals surface area contributed by atoms with Crippen molar-refractivity contribution in [1.29, 1.82) is 0 Å². The zero-order valence-electron chi connectivity index (χ0n) is 12.4. The van der Waals surface area contributed by atoms with E-state index in [2.05, 4.69) is 10.9 Å². The summed E-state index contributed by atoms with van der Waals surface area (Å²) in [5.74, 6) is -0.209. The van der Waals surface area contributed by atoms with Crippen molar-refractivity contribution in [3.05, 3.63) is 70.8 Å². The molecule has 0 aromatic heterocycles. The van der Waals surface area contributed by atoms with E-state index >= 15 is 0 Å². The molecule has 0 aliphatic heterocycles. The van der Waals surface area contributed by atoms with Crippen molar-refractivity contribution in [2.75, 3.05) is 7.11 Å². The number of rotatable bonds is 4. The lowest BCUT2D eigenvalue weighted by Gasteiger charge is -2.06.